The maximum absolute atomic E-state index is 12.6. The largest absolute Gasteiger partial charge is 0.371 e. The first kappa shape index (κ1) is 16.1. The summed E-state index contributed by atoms with van der Waals surface area (Å²) in [7, 11) is 1.82. The van der Waals surface area contributed by atoms with Crippen LogP contribution in [-0.4, -0.2) is 40.1 Å². The van der Waals surface area contributed by atoms with Gasteiger partial charge in [-0.25, -0.2) is 0 Å². The number of carbonyl (C=O) groups excluding carboxylic acids is 1. The number of carbonyl (C=O) groups is 1. The third kappa shape index (κ3) is 3.59. The van der Waals surface area contributed by atoms with Gasteiger partial charge in [-0.15, -0.1) is 5.10 Å². The van der Waals surface area contributed by atoms with E-state index in [1.54, 1.807) is 4.90 Å². The molecule has 1 aromatic carbocycles. The summed E-state index contributed by atoms with van der Waals surface area (Å²) in [5.74, 6) is -0.00842. The summed E-state index contributed by atoms with van der Waals surface area (Å²) in [5, 5.41) is 4.08. The monoisotopic (exact) mass is 331 g/mol. The topological polar surface area (TPSA) is 55.3 Å². The molecule has 122 valence electrons. The highest BCUT2D eigenvalue weighted by Gasteiger charge is 2.25. The average molecular weight is 331 g/mol. The SMILES string of the molecule is CCCc1nnsc1C(=O)N(C)C[C@@H]1Cc2ccccc2CO1. The van der Waals surface area contributed by atoms with Crippen LogP contribution >= 0.6 is 11.5 Å². The first-order valence-electron chi connectivity index (χ1n) is 7.94. The van der Waals surface area contributed by atoms with Crippen molar-refractivity contribution >= 4 is 17.4 Å². The van der Waals surface area contributed by atoms with Crippen molar-refractivity contribution in [2.75, 3.05) is 13.6 Å². The Labute approximate surface area is 140 Å². The molecule has 1 atom stereocenters. The van der Waals surface area contributed by atoms with Gasteiger partial charge in [-0.05, 0) is 29.1 Å². The molecular weight excluding hydrogens is 310 g/mol. The van der Waals surface area contributed by atoms with E-state index in [0.717, 1.165) is 25.0 Å². The van der Waals surface area contributed by atoms with Gasteiger partial charge in [0, 0.05) is 20.0 Å². The molecular formula is C17H21N3O2S. The second-order valence-corrected chi connectivity index (χ2v) is 6.64. The second-order valence-electron chi connectivity index (χ2n) is 5.89. The van der Waals surface area contributed by atoms with Crippen molar-refractivity contribution in [2.45, 2.75) is 38.9 Å². The highest BCUT2D eigenvalue weighted by Crippen LogP contribution is 2.22. The number of aryl methyl sites for hydroxylation is 1. The lowest BCUT2D eigenvalue weighted by molar-refractivity contribution is 0.00992. The zero-order chi connectivity index (χ0) is 16.2. The van der Waals surface area contributed by atoms with Crippen LogP contribution in [0.15, 0.2) is 24.3 Å². The number of nitrogens with zero attached hydrogens (tertiary/aromatic N) is 3. The third-order valence-electron chi connectivity index (χ3n) is 4.10. The lowest BCUT2D eigenvalue weighted by atomic mass is 9.99. The summed E-state index contributed by atoms with van der Waals surface area (Å²) < 4.78 is 9.83. The summed E-state index contributed by atoms with van der Waals surface area (Å²) in [6, 6.07) is 8.32. The van der Waals surface area contributed by atoms with Crippen molar-refractivity contribution < 1.29 is 9.53 Å². The van der Waals surface area contributed by atoms with E-state index in [1.165, 1.54) is 22.7 Å². The molecule has 0 spiro atoms. The predicted octanol–water partition coefficient (Wildman–Crippen LogP) is 2.70. The summed E-state index contributed by atoms with van der Waals surface area (Å²) in [6.45, 7) is 3.27. The van der Waals surface area contributed by atoms with E-state index >= 15 is 0 Å². The fraction of sp³-hybridized carbons (Fsp3) is 0.471. The molecule has 5 nitrogen and oxygen atoms in total. The number of hydrogen-bond acceptors (Lipinski definition) is 5. The number of likely N-dealkylation sites (N-methyl/N-ethyl adjacent to an activating group) is 1. The first-order chi connectivity index (χ1) is 11.2. The van der Waals surface area contributed by atoms with Crippen LogP contribution in [0.1, 0.15) is 39.8 Å². The van der Waals surface area contributed by atoms with Crippen molar-refractivity contribution in [3.8, 4) is 0 Å². The smallest absolute Gasteiger partial charge is 0.267 e. The molecule has 0 fully saturated rings. The Hall–Kier alpha value is -1.79. The standard InChI is InChI=1S/C17H21N3O2S/c1-3-6-15-16(23-19-18-15)17(21)20(2)10-14-9-12-7-4-5-8-13(12)11-22-14/h4-5,7-8,14H,3,6,9-11H2,1-2H3/t14-/m0/s1. The maximum Gasteiger partial charge on any atom is 0.267 e. The number of rotatable bonds is 5. The molecule has 0 bridgehead atoms. The predicted molar refractivity (Wildman–Crippen MR) is 89.6 cm³/mol. The molecule has 1 amide bonds. The van der Waals surface area contributed by atoms with Crippen LogP contribution in [-0.2, 0) is 24.2 Å². The highest BCUT2D eigenvalue weighted by atomic mass is 32.1. The molecule has 1 aromatic heterocycles. The number of ether oxygens (including phenoxy) is 1. The lowest BCUT2D eigenvalue weighted by Crippen LogP contribution is -2.38. The Balaban J connectivity index is 1.64. The van der Waals surface area contributed by atoms with Crippen LogP contribution < -0.4 is 0 Å². The Bertz CT molecular complexity index is 686. The minimum absolute atomic E-state index is 0.00842. The Kier molecular flexibility index (Phi) is 5.03. The van der Waals surface area contributed by atoms with Crippen LogP contribution in [0.4, 0.5) is 0 Å². The number of hydrogen-bond donors (Lipinski definition) is 0. The van der Waals surface area contributed by atoms with Crippen LogP contribution in [0, 0.1) is 0 Å². The minimum Gasteiger partial charge on any atom is -0.371 e. The van der Waals surface area contributed by atoms with Gasteiger partial charge >= 0.3 is 0 Å². The fourth-order valence-corrected chi connectivity index (χ4v) is 3.56. The summed E-state index contributed by atoms with van der Waals surface area (Å²) >= 11 is 1.18. The average Bonchev–Trinajstić information content (AvgIpc) is 3.02. The zero-order valence-corrected chi connectivity index (χ0v) is 14.3. The molecule has 1 aliphatic rings. The van der Waals surface area contributed by atoms with Gasteiger partial charge in [0.25, 0.3) is 5.91 Å². The molecule has 0 N–H and O–H groups in total. The van der Waals surface area contributed by atoms with Gasteiger partial charge in [0.05, 0.1) is 18.4 Å². The molecule has 3 rings (SSSR count). The Morgan fingerprint density at radius 1 is 1.39 bits per heavy atom. The zero-order valence-electron chi connectivity index (χ0n) is 13.5. The molecule has 0 saturated carbocycles. The highest BCUT2D eigenvalue weighted by molar-refractivity contribution is 7.07. The number of fused-ring (bicyclic) bond motifs is 1. The van der Waals surface area contributed by atoms with E-state index in [9.17, 15) is 4.79 Å². The van der Waals surface area contributed by atoms with Crippen molar-refractivity contribution in [1.82, 2.24) is 14.5 Å². The fourth-order valence-electron chi connectivity index (χ4n) is 2.86. The lowest BCUT2D eigenvalue weighted by Gasteiger charge is -2.28. The van der Waals surface area contributed by atoms with Gasteiger partial charge in [0.2, 0.25) is 0 Å². The van der Waals surface area contributed by atoms with Gasteiger partial charge in [-0.2, -0.15) is 0 Å². The van der Waals surface area contributed by atoms with E-state index in [4.69, 9.17) is 4.74 Å². The number of aromatic nitrogens is 2. The molecule has 0 saturated heterocycles. The number of amides is 1. The van der Waals surface area contributed by atoms with E-state index in [2.05, 4.69) is 34.7 Å². The Morgan fingerprint density at radius 2 is 2.17 bits per heavy atom. The van der Waals surface area contributed by atoms with E-state index < -0.39 is 0 Å². The number of benzene rings is 1. The summed E-state index contributed by atoms with van der Waals surface area (Å²) in [6.07, 6.45) is 2.63. The molecule has 0 radical (unpaired) electrons. The van der Waals surface area contributed by atoms with Crippen molar-refractivity contribution in [1.29, 1.82) is 0 Å². The van der Waals surface area contributed by atoms with Crippen LogP contribution in [0.3, 0.4) is 0 Å². The van der Waals surface area contributed by atoms with Gasteiger partial charge in [-0.3, -0.25) is 4.79 Å². The van der Waals surface area contributed by atoms with Crippen molar-refractivity contribution in [2.24, 2.45) is 0 Å². The van der Waals surface area contributed by atoms with E-state index in [0.29, 0.717) is 18.0 Å². The molecule has 23 heavy (non-hydrogen) atoms. The van der Waals surface area contributed by atoms with E-state index in [-0.39, 0.29) is 12.0 Å². The maximum atomic E-state index is 12.6. The van der Waals surface area contributed by atoms with E-state index in [1.807, 2.05) is 13.1 Å². The quantitative estimate of drug-likeness (QED) is 0.845. The van der Waals surface area contributed by atoms with Gasteiger partial charge < -0.3 is 9.64 Å². The normalized spacial score (nSPS) is 16.9. The van der Waals surface area contributed by atoms with Crippen LogP contribution in [0.5, 0.6) is 0 Å². The third-order valence-corrected chi connectivity index (χ3v) is 4.86. The summed E-state index contributed by atoms with van der Waals surface area (Å²) in [5.41, 5.74) is 3.37. The molecule has 0 unspecified atom stereocenters. The Morgan fingerprint density at radius 3 is 2.96 bits per heavy atom. The minimum atomic E-state index is -0.00842. The van der Waals surface area contributed by atoms with Crippen LogP contribution in [0.25, 0.3) is 0 Å². The van der Waals surface area contributed by atoms with Gasteiger partial charge in [0.15, 0.2) is 0 Å². The van der Waals surface area contributed by atoms with Crippen molar-refractivity contribution in [3.05, 3.63) is 46.0 Å². The molecule has 2 heterocycles. The summed E-state index contributed by atoms with van der Waals surface area (Å²) in [4.78, 5) is 15.0. The molecule has 0 aliphatic carbocycles. The van der Waals surface area contributed by atoms with Crippen LogP contribution in [0.2, 0.25) is 0 Å². The molecule has 1 aliphatic heterocycles. The first-order valence-corrected chi connectivity index (χ1v) is 8.71. The van der Waals surface area contributed by atoms with Crippen molar-refractivity contribution in [3.63, 3.8) is 0 Å². The van der Waals surface area contributed by atoms with Gasteiger partial charge in [0.1, 0.15) is 4.88 Å². The molecule has 2 aromatic rings. The van der Waals surface area contributed by atoms with Gasteiger partial charge in [-0.1, -0.05) is 42.1 Å². The molecule has 6 heteroatoms. The second kappa shape index (κ2) is 7.19.